The van der Waals surface area contributed by atoms with E-state index in [1.807, 2.05) is 24.3 Å². The maximum Gasteiger partial charge on any atom is 0.231 e. The van der Waals surface area contributed by atoms with Gasteiger partial charge in [0.05, 0.1) is 37.9 Å². The van der Waals surface area contributed by atoms with Crippen LogP contribution in [-0.2, 0) is 31.4 Å². The molecule has 4 rings (SSSR count). The first-order chi connectivity index (χ1) is 16.7. The van der Waals surface area contributed by atoms with Crippen molar-refractivity contribution in [2.75, 3.05) is 31.4 Å². The Labute approximate surface area is 206 Å². The summed E-state index contributed by atoms with van der Waals surface area (Å²) in [5.41, 5.74) is 2.26. The van der Waals surface area contributed by atoms with E-state index in [2.05, 4.69) is 14.7 Å². The summed E-state index contributed by atoms with van der Waals surface area (Å²) in [7, 11) is -1.75. The van der Waals surface area contributed by atoms with Crippen LogP contribution in [0.15, 0.2) is 36.7 Å². The SMILES string of the molecule is COc1cnc(CC(=O)C[C@H]2CCCN(c3ccc(C4(CNS(C)(=O)=O)CCC4)cc3)C2=O)cn1. The molecular formula is C25H32N4O5S. The summed E-state index contributed by atoms with van der Waals surface area (Å²) in [5, 5.41) is 0. The maximum atomic E-state index is 13.2. The minimum absolute atomic E-state index is 0.0322. The molecule has 1 aromatic carbocycles. The van der Waals surface area contributed by atoms with Crippen molar-refractivity contribution in [3.05, 3.63) is 47.9 Å². The summed E-state index contributed by atoms with van der Waals surface area (Å²) in [4.78, 5) is 35.9. The van der Waals surface area contributed by atoms with Crippen LogP contribution >= 0.6 is 0 Å². The van der Waals surface area contributed by atoms with Crippen molar-refractivity contribution in [1.82, 2.24) is 14.7 Å². The van der Waals surface area contributed by atoms with E-state index >= 15 is 0 Å². The van der Waals surface area contributed by atoms with Gasteiger partial charge in [0, 0.05) is 36.5 Å². The van der Waals surface area contributed by atoms with Crippen molar-refractivity contribution in [3.63, 3.8) is 0 Å². The molecule has 1 amide bonds. The minimum Gasteiger partial charge on any atom is -0.480 e. The number of carbonyl (C=O) groups excluding carboxylic acids is 2. The second-order valence-electron chi connectivity index (χ2n) is 9.57. The molecule has 1 aliphatic heterocycles. The first-order valence-electron chi connectivity index (χ1n) is 11.9. The smallest absolute Gasteiger partial charge is 0.231 e. The van der Waals surface area contributed by atoms with E-state index in [1.54, 1.807) is 4.90 Å². The molecule has 2 heterocycles. The van der Waals surface area contributed by atoms with Crippen LogP contribution in [0.3, 0.4) is 0 Å². The highest BCUT2D eigenvalue weighted by atomic mass is 32.2. The van der Waals surface area contributed by atoms with Gasteiger partial charge < -0.3 is 9.64 Å². The molecule has 1 saturated heterocycles. The molecule has 0 spiro atoms. The van der Waals surface area contributed by atoms with Crippen LogP contribution in [0.1, 0.15) is 49.8 Å². The zero-order chi connectivity index (χ0) is 25.1. The van der Waals surface area contributed by atoms with E-state index in [9.17, 15) is 18.0 Å². The third-order valence-electron chi connectivity index (χ3n) is 7.07. The Morgan fingerprint density at radius 3 is 2.49 bits per heavy atom. The van der Waals surface area contributed by atoms with Gasteiger partial charge in [-0.1, -0.05) is 18.6 Å². The fraction of sp³-hybridized carbons (Fsp3) is 0.520. The standard InChI is InChI=1S/C25H32N4O5S/c1-34-23-16-26-20(15-27-23)14-22(30)13-18-5-3-12-29(24(18)31)21-8-6-19(7-9-21)25(10-4-11-25)17-28-35(2,32)33/h6-9,15-16,18,28H,3-5,10-14,17H2,1-2H3/t18-/m1/s1. The highest BCUT2D eigenvalue weighted by molar-refractivity contribution is 7.88. The van der Waals surface area contributed by atoms with Gasteiger partial charge in [0.2, 0.25) is 21.8 Å². The van der Waals surface area contributed by atoms with E-state index in [0.717, 1.165) is 36.9 Å². The molecule has 2 aromatic rings. The van der Waals surface area contributed by atoms with E-state index in [1.165, 1.54) is 25.8 Å². The van der Waals surface area contributed by atoms with Crippen molar-refractivity contribution in [2.45, 2.75) is 50.4 Å². The summed E-state index contributed by atoms with van der Waals surface area (Å²) in [6, 6.07) is 7.88. The van der Waals surface area contributed by atoms with Gasteiger partial charge in [0.15, 0.2) is 0 Å². The summed E-state index contributed by atoms with van der Waals surface area (Å²) < 4.78 is 30.8. The molecule has 10 heteroatoms. The first-order valence-corrected chi connectivity index (χ1v) is 13.8. The number of piperidine rings is 1. The van der Waals surface area contributed by atoms with Crippen molar-refractivity contribution in [1.29, 1.82) is 0 Å². The molecule has 9 nitrogen and oxygen atoms in total. The van der Waals surface area contributed by atoms with Crippen molar-refractivity contribution in [3.8, 4) is 5.88 Å². The number of anilines is 1. The highest BCUT2D eigenvalue weighted by Gasteiger charge is 2.39. The molecule has 35 heavy (non-hydrogen) atoms. The molecule has 0 unspecified atom stereocenters. The lowest BCUT2D eigenvalue weighted by molar-refractivity contribution is -0.128. The highest BCUT2D eigenvalue weighted by Crippen LogP contribution is 2.44. The number of benzene rings is 1. The van der Waals surface area contributed by atoms with Gasteiger partial charge in [-0.05, 0) is 43.4 Å². The van der Waals surface area contributed by atoms with E-state index in [4.69, 9.17) is 4.74 Å². The Kier molecular flexibility index (Phi) is 7.51. The molecule has 1 aromatic heterocycles. The second kappa shape index (κ2) is 10.4. The van der Waals surface area contributed by atoms with Gasteiger partial charge in [-0.25, -0.2) is 18.1 Å². The Bertz CT molecular complexity index is 1160. The number of amides is 1. The zero-order valence-electron chi connectivity index (χ0n) is 20.2. The predicted octanol–water partition coefficient (Wildman–Crippen LogP) is 2.40. The number of hydrogen-bond donors (Lipinski definition) is 1. The Morgan fingerprint density at radius 2 is 1.91 bits per heavy atom. The Hall–Kier alpha value is -2.85. The monoisotopic (exact) mass is 500 g/mol. The fourth-order valence-corrected chi connectivity index (χ4v) is 5.46. The summed E-state index contributed by atoms with van der Waals surface area (Å²) in [6.07, 6.45) is 8.94. The summed E-state index contributed by atoms with van der Waals surface area (Å²) in [5.74, 6) is -0.0279. The third-order valence-corrected chi connectivity index (χ3v) is 7.74. The molecule has 188 valence electrons. The first kappa shape index (κ1) is 25.2. The average molecular weight is 501 g/mol. The van der Waals surface area contributed by atoms with Crippen molar-refractivity contribution < 1.29 is 22.7 Å². The number of hydrogen-bond acceptors (Lipinski definition) is 7. The number of rotatable bonds is 10. The van der Waals surface area contributed by atoms with E-state index in [0.29, 0.717) is 31.1 Å². The summed E-state index contributed by atoms with van der Waals surface area (Å²) in [6.45, 7) is 1.00. The normalized spacial score (nSPS) is 19.8. The molecule has 0 radical (unpaired) electrons. The van der Waals surface area contributed by atoms with Gasteiger partial charge >= 0.3 is 0 Å². The van der Waals surface area contributed by atoms with Gasteiger partial charge in [-0.2, -0.15) is 0 Å². The van der Waals surface area contributed by atoms with Crippen LogP contribution in [0.2, 0.25) is 0 Å². The molecule has 1 saturated carbocycles. The third kappa shape index (κ3) is 6.05. The zero-order valence-corrected chi connectivity index (χ0v) is 21.0. The van der Waals surface area contributed by atoms with Crippen LogP contribution in [0.5, 0.6) is 5.88 Å². The molecule has 2 fully saturated rings. The second-order valence-corrected chi connectivity index (χ2v) is 11.4. The Morgan fingerprint density at radius 1 is 1.17 bits per heavy atom. The van der Waals surface area contributed by atoms with Crippen LogP contribution in [0.4, 0.5) is 5.69 Å². The lowest BCUT2D eigenvalue weighted by atomic mass is 9.64. The van der Waals surface area contributed by atoms with E-state index < -0.39 is 10.0 Å². The fourth-order valence-electron chi connectivity index (χ4n) is 4.92. The molecule has 1 atom stereocenters. The van der Waals surface area contributed by atoms with Gasteiger partial charge in [-0.15, -0.1) is 0 Å². The van der Waals surface area contributed by atoms with Gasteiger partial charge in [0.1, 0.15) is 5.78 Å². The lowest BCUT2D eigenvalue weighted by Crippen LogP contribution is -2.45. The minimum atomic E-state index is -3.26. The summed E-state index contributed by atoms with van der Waals surface area (Å²) >= 11 is 0. The lowest BCUT2D eigenvalue weighted by Gasteiger charge is -2.42. The number of aromatic nitrogens is 2. The maximum absolute atomic E-state index is 13.2. The molecule has 0 bridgehead atoms. The number of methoxy groups -OCH3 is 1. The quantitative estimate of drug-likeness (QED) is 0.532. The molecular weight excluding hydrogens is 468 g/mol. The largest absolute Gasteiger partial charge is 0.480 e. The van der Waals surface area contributed by atoms with Crippen LogP contribution in [-0.4, -0.2) is 56.5 Å². The average Bonchev–Trinajstić information content (AvgIpc) is 2.80. The van der Waals surface area contributed by atoms with Crippen molar-refractivity contribution >= 4 is 27.4 Å². The molecule has 1 aliphatic carbocycles. The number of carbonyl (C=O) groups is 2. The number of ether oxygens (including phenoxy) is 1. The number of nitrogens with one attached hydrogen (secondary N) is 1. The molecule has 1 N–H and O–H groups in total. The van der Waals surface area contributed by atoms with Gasteiger partial charge in [0.25, 0.3) is 0 Å². The Balaban J connectivity index is 1.39. The van der Waals surface area contributed by atoms with E-state index in [-0.39, 0.29) is 35.9 Å². The topological polar surface area (TPSA) is 119 Å². The number of Topliss-reactive ketones (excluding diaryl/α,β-unsaturated/α-hetero) is 1. The van der Waals surface area contributed by atoms with Gasteiger partial charge in [-0.3, -0.25) is 14.6 Å². The predicted molar refractivity (Wildman–Crippen MR) is 132 cm³/mol. The van der Waals surface area contributed by atoms with Crippen LogP contribution < -0.4 is 14.4 Å². The number of sulfonamides is 1. The number of nitrogens with zero attached hydrogens (tertiary/aromatic N) is 3. The molecule has 2 aliphatic rings. The number of ketones is 1. The van der Waals surface area contributed by atoms with Crippen molar-refractivity contribution in [2.24, 2.45) is 5.92 Å². The van der Waals surface area contributed by atoms with Crippen LogP contribution in [0.25, 0.3) is 0 Å². The van der Waals surface area contributed by atoms with Crippen LogP contribution in [0, 0.1) is 5.92 Å².